The summed E-state index contributed by atoms with van der Waals surface area (Å²) >= 11 is 7.52. The van der Waals surface area contributed by atoms with Crippen molar-refractivity contribution in [1.29, 1.82) is 0 Å². The Morgan fingerprint density at radius 1 is 1.19 bits per heavy atom. The van der Waals surface area contributed by atoms with Gasteiger partial charge in [-0.05, 0) is 50.3 Å². The summed E-state index contributed by atoms with van der Waals surface area (Å²) < 4.78 is 1.06. The Hall–Kier alpha value is -2.70. The lowest BCUT2D eigenvalue weighted by Crippen LogP contribution is -2.31. The third-order valence-corrected chi connectivity index (χ3v) is 4.83. The van der Waals surface area contributed by atoms with Crippen LogP contribution in [0.2, 0.25) is 5.02 Å². The summed E-state index contributed by atoms with van der Waals surface area (Å²) in [5, 5.41) is 6.68. The molecule has 3 aromatic rings. The van der Waals surface area contributed by atoms with Gasteiger partial charge in [0.1, 0.15) is 5.01 Å². The number of benzene rings is 2. The highest BCUT2D eigenvalue weighted by atomic mass is 35.5. The van der Waals surface area contributed by atoms with Crippen molar-refractivity contribution in [1.82, 2.24) is 10.3 Å². The van der Waals surface area contributed by atoms with Crippen LogP contribution in [0.25, 0.3) is 16.3 Å². The molecule has 2 amide bonds. The van der Waals surface area contributed by atoms with Crippen molar-refractivity contribution in [3.63, 3.8) is 0 Å². The average Bonchev–Trinajstić information content (AvgIpc) is 3.02. The van der Waals surface area contributed by atoms with Crippen LogP contribution in [0, 0.1) is 0 Å². The zero-order chi connectivity index (χ0) is 19.4. The molecule has 0 fully saturated rings. The summed E-state index contributed by atoms with van der Waals surface area (Å²) in [4.78, 5) is 29.1. The predicted octanol–water partition coefficient (Wildman–Crippen LogP) is 4.74. The van der Waals surface area contributed by atoms with Gasteiger partial charge in [0.25, 0.3) is 5.91 Å². The monoisotopic (exact) mass is 399 g/mol. The lowest BCUT2D eigenvalue weighted by atomic mass is 10.1. The summed E-state index contributed by atoms with van der Waals surface area (Å²) in [6, 6.07) is 12.5. The second-order valence-corrected chi connectivity index (χ2v) is 7.66. The molecule has 0 bridgehead atoms. The highest BCUT2D eigenvalue weighted by Gasteiger charge is 2.14. The van der Waals surface area contributed by atoms with Gasteiger partial charge in [0.05, 0.1) is 21.5 Å². The molecule has 5 nitrogen and oxygen atoms in total. The number of aromatic nitrogens is 1. The van der Waals surface area contributed by atoms with Crippen LogP contribution in [0.4, 0.5) is 5.69 Å². The standard InChI is InChI=1S/C20H18ClN3O2S/c1-12(2)22-20(26)14-8-7-13(21)11-16(14)23-18(25)9-10-19-24-15-5-3-4-6-17(15)27-19/h3-12H,1-2H3,(H,22,26)(H,23,25)/b10-9+. The zero-order valence-corrected chi connectivity index (χ0v) is 16.4. The number of nitrogens with zero attached hydrogens (tertiary/aromatic N) is 1. The third-order valence-electron chi connectivity index (χ3n) is 3.59. The van der Waals surface area contributed by atoms with Gasteiger partial charge in [0, 0.05) is 17.1 Å². The van der Waals surface area contributed by atoms with E-state index in [1.54, 1.807) is 24.3 Å². The van der Waals surface area contributed by atoms with Crippen molar-refractivity contribution in [3.8, 4) is 0 Å². The molecule has 0 radical (unpaired) electrons. The topological polar surface area (TPSA) is 71.1 Å². The molecule has 1 aromatic heterocycles. The van der Waals surface area contributed by atoms with Gasteiger partial charge in [0.15, 0.2) is 0 Å². The second-order valence-electron chi connectivity index (χ2n) is 6.16. The van der Waals surface area contributed by atoms with Crippen LogP contribution in [0.3, 0.4) is 0 Å². The maximum atomic E-state index is 12.3. The molecule has 0 aliphatic rings. The molecule has 3 rings (SSSR count). The first-order valence-electron chi connectivity index (χ1n) is 8.37. The Morgan fingerprint density at radius 2 is 1.96 bits per heavy atom. The largest absolute Gasteiger partial charge is 0.350 e. The fourth-order valence-electron chi connectivity index (χ4n) is 2.44. The van der Waals surface area contributed by atoms with Crippen LogP contribution in [0.15, 0.2) is 48.5 Å². The molecule has 2 aromatic carbocycles. The first-order chi connectivity index (χ1) is 12.9. The van der Waals surface area contributed by atoms with Gasteiger partial charge in [-0.15, -0.1) is 11.3 Å². The highest BCUT2D eigenvalue weighted by molar-refractivity contribution is 7.19. The van der Waals surface area contributed by atoms with Crippen molar-refractivity contribution in [3.05, 3.63) is 64.1 Å². The molecule has 7 heteroatoms. The first-order valence-corrected chi connectivity index (χ1v) is 9.57. The summed E-state index contributed by atoms with van der Waals surface area (Å²) in [6.45, 7) is 3.74. The third kappa shape index (κ3) is 4.93. The van der Waals surface area contributed by atoms with E-state index in [-0.39, 0.29) is 17.9 Å². The molecule has 0 saturated carbocycles. The molecule has 0 spiro atoms. The quantitative estimate of drug-likeness (QED) is 0.608. The van der Waals surface area contributed by atoms with Crippen molar-refractivity contribution < 1.29 is 9.59 Å². The lowest BCUT2D eigenvalue weighted by molar-refractivity contribution is -0.111. The highest BCUT2D eigenvalue weighted by Crippen LogP contribution is 2.23. The molecule has 0 saturated heterocycles. The van der Waals surface area contributed by atoms with Crippen LogP contribution in [-0.2, 0) is 4.79 Å². The van der Waals surface area contributed by atoms with Crippen LogP contribution >= 0.6 is 22.9 Å². The minimum absolute atomic E-state index is 0.0179. The van der Waals surface area contributed by atoms with E-state index in [1.807, 2.05) is 38.1 Å². The van der Waals surface area contributed by atoms with Crippen LogP contribution in [0.1, 0.15) is 29.2 Å². The van der Waals surface area contributed by atoms with Gasteiger partial charge in [-0.1, -0.05) is 23.7 Å². The Morgan fingerprint density at radius 3 is 2.70 bits per heavy atom. The van der Waals surface area contributed by atoms with Gasteiger partial charge >= 0.3 is 0 Å². The molecule has 0 aliphatic heterocycles. The number of thiazole rings is 1. The number of halogens is 1. The smallest absolute Gasteiger partial charge is 0.253 e. The molecule has 1 heterocycles. The second kappa shape index (κ2) is 8.33. The SMILES string of the molecule is CC(C)NC(=O)c1ccc(Cl)cc1NC(=O)/C=C/c1nc2ccccc2s1. The predicted molar refractivity (Wildman–Crippen MR) is 111 cm³/mol. The van der Waals surface area contributed by atoms with E-state index in [9.17, 15) is 9.59 Å². The number of carbonyl (C=O) groups excluding carboxylic acids is 2. The normalized spacial score (nSPS) is 11.3. The van der Waals surface area contributed by atoms with Gasteiger partial charge in [-0.2, -0.15) is 0 Å². The van der Waals surface area contributed by atoms with Crippen molar-refractivity contribution in [2.24, 2.45) is 0 Å². The number of para-hydroxylation sites is 1. The Bertz CT molecular complexity index is 994. The molecular formula is C20H18ClN3O2S. The van der Waals surface area contributed by atoms with Crippen molar-refractivity contribution in [2.45, 2.75) is 19.9 Å². The minimum Gasteiger partial charge on any atom is -0.350 e. The van der Waals surface area contributed by atoms with E-state index in [1.165, 1.54) is 17.4 Å². The van der Waals surface area contributed by atoms with E-state index in [4.69, 9.17) is 11.6 Å². The molecule has 0 atom stereocenters. The maximum absolute atomic E-state index is 12.3. The molecule has 0 unspecified atom stereocenters. The van der Waals surface area contributed by atoms with Crippen molar-refractivity contribution in [2.75, 3.05) is 5.32 Å². The molecule has 2 N–H and O–H groups in total. The van der Waals surface area contributed by atoms with Crippen LogP contribution in [0.5, 0.6) is 0 Å². The number of hydrogen-bond donors (Lipinski definition) is 2. The number of rotatable bonds is 5. The number of carbonyl (C=O) groups is 2. The number of fused-ring (bicyclic) bond motifs is 1. The summed E-state index contributed by atoms with van der Waals surface area (Å²) in [7, 11) is 0. The van der Waals surface area contributed by atoms with E-state index >= 15 is 0 Å². The van der Waals surface area contributed by atoms with Gasteiger partial charge < -0.3 is 10.6 Å². The summed E-state index contributed by atoms with van der Waals surface area (Å²) in [5.41, 5.74) is 1.61. The average molecular weight is 400 g/mol. The fraction of sp³-hybridized carbons (Fsp3) is 0.150. The first kappa shape index (κ1) is 19.1. The maximum Gasteiger partial charge on any atom is 0.253 e. The molecule has 27 heavy (non-hydrogen) atoms. The molecule has 138 valence electrons. The molecule has 0 aliphatic carbocycles. The van der Waals surface area contributed by atoms with Gasteiger partial charge in [0.2, 0.25) is 5.91 Å². The fourth-order valence-corrected chi connectivity index (χ4v) is 3.48. The number of nitrogens with one attached hydrogen (secondary N) is 2. The van der Waals surface area contributed by atoms with Crippen molar-refractivity contribution >= 4 is 56.7 Å². The van der Waals surface area contributed by atoms with E-state index in [0.717, 1.165) is 15.2 Å². The Balaban J connectivity index is 1.77. The summed E-state index contributed by atoms with van der Waals surface area (Å²) in [6.07, 6.45) is 3.04. The lowest BCUT2D eigenvalue weighted by Gasteiger charge is -2.13. The zero-order valence-electron chi connectivity index (χ0n) is 14.8. The summed E-state index contributed by atoms with van der Waals surface area (Å²) in [5.74, 6) is -0.637. The van der Waals surface area contributed by atoms with Gasteiger partial charge in [-0.25, -0.2) is 4.98 Å². The van der Waals surface area contributed by atoms with E-state index in [0.29, 0.717) is 16.3 Å². The van der Waals surface area contributed by atoms with Crippen LogP contribution < -0.4 is 10.6 Å². The van der Waals surface area contributed by atoms with E-state index < -0.39 is 0 Å². The molecular weight excluding hydrogens is 382 g/mol. The number of hydrogen-bond acceptors (Lipinski definition) is 4. The van der Waals surface area contributed by atoms with Crippen LogP contribution in [-0.4, -0.2) is 22.8 Å². The van der Waals surface area contributed by atoms with Gasteiger partial charge in [-0.3, -0.25) is 9.59 Å². The van der Waals surface area contributed by atoms with E-state index in [2.05, 4.69) is 15.6 Å². The minimum atomic E-state index is -0.366. The Kier molecular flexibility index (Phi) is 5.88. The number of amides is 2. The number of anilines is 1. The Labute approximate surface area is 166 Å².